The summed E-state index contributed by atoms with van der Waals surface area (Å²) in [5.41, 5.74) is 0.410. The second-order valence-corrected chi connectivity index (χ2v) is 7.01. The summed E-state index contributed by atoms with van der Waals surface area (Å²) in [7, 11) is 0. The Morgan fingerprint density at radius 3 is 2.52 bits per heavy atom. The van der Waals surface area contributed by atoms with E-state index in [0.717, 1.165) is 11.8 Å². The molecule has 1 saturated heterocycles. The molecule has 0 saturated carbocycles. The van der Waals surface area contributed by atoms with Gasteiger partial charge in [-0.15, -0.1) is 0 Å². The van der Waals surface area contributed by atoms with Crippen molar-refractivity contribution >= 4 is 63.3 Å². The number of halogens is 2. The molecule has 0 spiro atoms. The highest BCUT2D eigenvalue weighted by atomic mass is 35.5. The third-order valence-electron chi connectivity index (χ3n) is 3.39. The Morgan fingerprint density at radius 2 is 1.92 bits per heavy atom. The van der Waals surface area contributed by atoms with Crippen LogP contribution in [0.1, 0.15) is 5.56 Å². The van der Waals surface area contributed by atoms with E-state index in [1.807, 2.05) is 0 Å². The van der Waals surface area contributed by atoms with E-state index < -0.39 is 16.6 Å². The number of nitrogens with zero attached hydrogens (tertiary/aromatic N) is 2. The van der Waals surface area contributed by atoms with Crippen molar-refractivity contribution in [2.45, 2.75) is 0 Å². The fraction of sp³-hybridized carbons (Fsp3) is 0. The van der Waals surface area contributed by atoms with E-state index in [4.69, 9.17) is 23.8 Å². The van der Waals surface area contributed by atoms with E-state index in [-0.39, 0.29) is 25.5 Å². The van der Waals surface area contributed by atoms with E-state index in [2.05, 4.69) is 0 Å². The van der Waals surface area contributed by atoms with Crippen molar-refractivity contribution in [3.63, 3.8) is 0 Å². The van der Waals surface area contributed by atoms with Crippen molar-refractivity contribution < 1.29 is 14.1 Å². The summed E-state index contributed by atoms with van der Waals surface area (Å²) in [6.07, 6.45) is 1.35. The van der Waals surface area contributed by atoms with Gasteiger partial charge in [0.05, 0.1) is 20.5 Å². The number of benzene rings is 2. The van der Waals surface area contributed by atoms with Crippen molar-refractivity contribution in [2.24, 2.45) is 0 Å². The summed E-state index contributed by atoms with van der Waals surface area (Å²) >= 11 is 12.2. The van der Waals surface area contributed by atoms with Gasteiger partial charge in [0.1, 0.15) is 5.82 Å². The average Bonchev–Trinajstić information content (AvgIpc) is 2.85. The standard InChI is InChI=1S/C16H8ClFN2O3S2/c17-12-2-1-3-13(18)11(12)8-14-15(21)19(16(24)25-14)9-4-6-10(7-5-9)20(22)23/h1-8H. The molecular weight excluding hydrogens is 387 g/mol. The average molecular weight is 395 g/mol. The molecule has 0 aliphatic carbocycles. The van der Waals surface area contributed by atoms with Gasteiger partial charge in [0.15, 0.2) is 4.32 Å². The van der Waals surface area contributed by atoms with Crippen LogP contribution in [0.2, 0.25) is 5.02 Å². The maximum atomic E-state index is 13.9. The van der Waals surface area contributed by atoms with Gasteiger partial charge in [-0.1, -0.05) is 41.6 Å². The van der Waals surface area contributed by atoms with Crippen LogP contribution in [0.15, 0.2) is 47.4 Å². The number of rotatable bonds is 3. The van der Waals surface area contributed by atoms with Gasteiger partial charge in [-0.25, -0.2) is 4.39 Å². The lowest BCUT2D eigenvalue weighted by Gasteiger charge is -2.13. The Kier molecular flexibility index (Phi) is 4.85. The van der Waals surface area contributed by atoms with Crippen molar-refractivity contribution in [1.82, 2.24) is 0 Å². The van der Waals surface area contributed by atoms with Crippen LogP contribution in [-0.4, -0.2) is 15.2 Å². The fourth-order valence-corrected chi connectivity index (χ4v) is 3.69. The summed E-state index contributed by atoms with van der Waals surface area (Å²) in [5, 5.41) is 10.9. The molecule has 9 heteroatoms. The Hall–Kier alpha value is -2.29. The van der Waals surface area contributed by atoms with Crippen LogP contribution in [-0.2, 0) is 4.79 Å². The van der Waals surface area contributed by atoms with E-state index in [1.165, 1.54) is 53.4 Å². The molecule has 1 aliphatic heterocycles. The molecular formula is C16H8ClFN2O3S2. The minimum absolute atomic E-state index is 0.0946. The van der Waals surface area contributed by atoms with Gasteiger partial charge in [-0.05, 0) is 30.3 Å². The molecule has 3 rings (SSSR count). The lowest BCUT2D eigenvalue weighted by Crippen LogP contribution is -2.27. The second kappa shape index (κ2) is 6.91. The van der Waals surface area contributed by atoms with Crippen LogP contribution in [0.5, 0.6) is 0 Å². The normalized spacial score (nSPS) is 15.9. The highest BCUT2D eigenvalue weighted by molar-refractivity contribution is 8.27. The summed E-state index contributed by atoms with van der Waals surface area (Å²) in [6, 6.07) is 9.67. The Balaban J connectivity index is 1.95. The number of nitro benzene ring substituents is 1. The Morgan fingerprint density at radius 1 is 1.24 bits per heavy atom. The number of amides is 1. The summed E-state index contributed by atoms with van der Waals surface area (Å²) < 4.78 is 14.2. The molecule has 1 fully saturated rings. The van der Waals surface area contributed by atoms with Crippen molar-refractivity contribution in [2.75, 3.05) is 4.90 Å². The topological polar surface area (TPSA) is 63.5 Å². The zero-order valence-electron chi connectivity index (χ0n) is 12.3. The number of non-ortho nitro benzene ring substituents is 1. The predicted octanol–water partition coefficient (Wildman–Crippen LogP) is 4.79. The second-order valence-electron chi connectivity index (χ2n) is 4.93. The first-order valence-corrected chi connectivity index (χ1v) is 8.45. The first-order chi connectivity index (χ1) is 11.9. The van der Waals surface area contributed by atoms with Crippen LogP contribution >= 0.6 is 35.6 Å². The number of anilines is 1. The van der Waals surface area contributed by atoms with Crippen LogP contribution in [0.3, 0.4) is 0 Å². The molecule has 126 valence electrons. The summed E-state index contributed by atoms with van der Waals surface area (Å²) in [6.45, 7) is 0. The predicted molar refractivity (Wildman–Crippen MR) is 100 cm³/mol. The number of thioether (sulfide) groups is 1. The van der Waals surface area contributed by atoms with Crippen molar-refractivity contribution in [1.29, 1.82) is 0 Å². The number of hydrogen-bond acceptors (Lipinski definition) is 5. The van der Waals surface area contributed by atoms with Gasteiger partial charge >= 0.3 is 0 Å². The number of carbonyl (C=O) groups is 1. The molecule has 2 aromatic rings. The van der Waals surface area contributed by atoms with Crippen LogP contribution < -0.4 is 4.90 Å². The quantitative estimate of drug-likeness (QED) is 0.324. The maximum absolute atomic E-state index is 13.9. The molecule has 25 heavy (non-hydrogen) atoms. The molecule has 1 heterocycles. The monoisotopic (exact) mass is 394 g/mol. The number of hydrogen-bond donors (Lipinski definition) is 0. The zero-order chi connectivity index (χ0) is 18.1. The molecule has 0 N–H and O–H groups in total. The lowest BCUT2D eigenvalue weighted by molar-refractivity contribution is -0.384. The maximum Gasteiger partial charge on any atom is 0.270 e. The highest BCUT2D eigenvalue weighted by Crippen LogP contribution is 2.37. The van der Waals surface area contributed by atoms with Crippen LogP contribution in [0.4, 0.5) is 15.8 Å². The summed E-state index contributed by atoms with van der Waals surface area (Å²) in [5.74, 6) is -0.990. The third-order valence-corrected chi connectivity index (χ3v) is 5.02. The molecule has 2 aromatic carbocycles. The molecule has 5 nitrogen and oxygen atoms in total. The SMILES string of the molecule is O=C1C(=Cc2c(F)cccc2Cl)SC(=S)N1c1ccc([N+](=O)[O-])cc1. The minimum atomic E-state index is -0.548. The van der Waals surface area contributed by atoms with Crippen molar-refractivity contribution in [3.05, 3.63) is 73.9 Å². The first kappa shape index (κ1) is 17.5. The van der Waals surface area contributed by atoms with Gasteiger partial charge in [0.25, 0.3) is 11.6 Å². The Bertz CT molecular complexity index is 911. The lowest BCUT2D eigenvalue weighted by atomic mass is 10.2. The van der Waals surface area contributed by atoms with Crippen molar-refractivity contribution in [3.8, 4) is 0 Å². The third kappa shape index (κ3) is 3.41. The molecule has 0 aromatic heterocycles. The van der Waals surface area contributed by atoms with Gasteiger partial charge in [0.2, 0.25) is 0 Å². The molecule has 1 aliphatic rings. The largest absolute Gasteiger partial charge is 0.270 e. The van der Waals surface area contributed by atoms with Crippen LogP contribution in [0, 0.1) is 15.9 Å². The Labute approximate surface area is 156 Å². The molecule has 1 amide bonds. The summed E-state index contributed by atoms with van der Waals surface area (Å²) in [4.78, 5) is 24.3. The van der Waals surface area contributed by atoms with Gasteiger partial charge < -0.3 is 0 Å². The van der Waals surface area contributed by atoms with Gasteiger partial charge in [0, 0.05) is 17.7 Å². The fourth-order valence-electron chi connectivity index (χ4n) is 2.19. The minimum Gasteiger partial charge on any atom is -0.268 e. The van der Waals surface area contributed by atoms with E-state index in [0.29, 0.717) is 5.69 Å². The molecule has 0 radical (unpaired) electrons. The van der Waals surface area contributed by atoms with E-state index in [9.17, 15) is 19.3 Å². The smallest absolute Gasteiger partial charge is 0.268 e. The number of thiocarbonyl (C=S) groups is 1. The van der Waals surface area contributed by atoms with E-state index >= 15 is 0 Å². The molecule has 0 unspecified atom stereocenters. The molecule has 0 atom stereocenters. The zero-order valence-corrected chi connectivity index (χ0v) is 14.7. The van der Waals surface area contributed by atoms with E-state index in [1.54, 1.807) is 0 Å². The number of nitro groups is 1. The van der Waals surface area contributed by atoms with Crippen LogP contribution in [0.25, 0.3) is 6.08 Å². The van der Waals surface area contributed by atoms with Gasteiger partial charge in [-0.2, -0.15) is 0 Å². The number of carbonyl (C=O) groups excluding carboxylic acids is 1. The van der Waals surface area contributed by atoms with Gasteiger partial charge in [-0.3, -0.25) is 19.8 Å². The molecule has 0 bridgehead atoms. The first-order valence-electron chi connectivity index (χ1n) is 6.85. The highest BCUT2D eigenvalue weighted by Gasteiger charge is 2.33.